The fourth-order valence-corrected chi connectivity index (χ4v) is 3.53. The summed E-state index contributed by atoms with van der Waals surface area (Å²) < 4.78 is 11.3. The van der Waals surface area contributed by atoms with Crippen molar-refractivity contribution in [3.05, 3.63) is 29.8 Å². The van der Waals surface area contributed by atoms with E-state index in [0.29, 0.717) is 6.54 Å². The maximum Gasteiger partial charge on any atom is 0.119 e. The molecule has 3 rings (SSSR count). The lowest BCUT2D eigenvalue weighted by Gasteiger charge is -2.42. The third-order valence-electron chi connectivity index (χ3n) is 5.32. The van der Waals surface area contributed by atoms with Gasteiger partial charge >= 0.3 is 0 Å². The van der Waals surface area contributed by atoms with Crippen LogP contribution in [-0.2, 0) is 11.2 Å². The molecule has 2 saturated heterocycles. The number of ether oxygens (including phenoxy) is 2. The summed E-state index contributed by atoms with van der Waals surface area (Å²) in [5.74, 6) is 0.885. The van der Waals surface area contributed by atoms with Crippen LogP contribution in [-0.4, -0.2) is 77.0 Å². The van der Waals surface area contributed by atoms with Crippen LogP contribution in [0.15, 0.2) is 24.3 Å². The molecule has 140 valence electrons. The van der Waals surface area contributed by atoms with Crippen molar-refractivity contribution in [3.63, 3.8) is 0 Å². The Kier molecular flexibility index (Phi) is 6.30. The number of aliphatic hydroxyl groups is 3. The predicted octanol–water partition coefficient (Wildman–Crippen LogP) is 0.574. The van der Waals surface area contributed by atoms with Gasteiger partial charge < -0.3 is 24.8 Å². The Morgan fingerprint density at radius 2 is 1.76 bits per heavy atom. The molecule has 1 aromatic rings. The van der Waals surface area contributed by atoms with Crippen LogP contribution in [0.4, 0.5) is 0 Å². The quantitative estimate of drug-likeness (QED) is 0.720. The standard InChI is InChI=1S/C19H29NO5/c1-13-18(22)19(23)17(21)12-20(13)9-6-14-2-4-15(5-3-14)25-16-7-10-24-11-8-16/h2-5,13,16-19,21-23H,6-12H2,1H3/t13-,17+,18-,19-/m1/s1. The predicted molar refractivity (Wildman–Crippen MR) is 93.7 cm³/mol. The smallest absolute Gasteiger partial charge is 0.119 e. The summed E-state index contributed by atoms with van der Waals surface area (Å²) in [4.78, 5) is 2.02. The molecule has 0 amide bonds. The lowest BCUT2D eigenvalue weighted by molar-refractivity contribution is -0.132. The van der Waals surface area contributed by atoms with Gasteiger partial charge in [-0.25, -0.2) is 0 Å². The van der Waals surface area contributed by atoms with E-state index in [-0.39, 0.29) is 12.1 Å². The molecular formula is C19H29NO5. The third kappa shape index (κ3) is 4.71. The number of likely N-dealkylation sites (tertiary alicyclic amines) is 1. The van der Waals surface area contributed by atoms with Gasteiger partial charge in [-0.3, -0.25) is 4.90 Å². The van der Waals surface area contributed by atoms with Gasteiger partial charge in [-0.1, -0.05) is 12.1 Å². The van der Waals surface area contributed by atoms with Crippen LogP contribution >= 0.6 is 0 Å². The molecular weight excluding hydrogens is 322 g/mol. The second-order valence-corrected chi connectivity index (χ2v) is 7.11. The number of aliphatic hydroxyl groups excluding tert-OH is 3. The van der Waals surface area contributed by atoms with Crippen LogP contribution in [0.2, 0.25) is 0 Å². The van der Waals surface area contributed by atoms with Gasteiger partial charge in [0, 0.05) is 32.0 Å². The zero-order chi connectivity index (χ0) is 17.8. The van der Waals surface area contributed by atoms with E-state index in [1.807, 2.05) is 24.0 Å². The molecule has 1 aromatic carbocycles. The van der Waals surface area contributed by atoms with E-state index in [9.17, 15) is 15.3 Å². The minimum Gasteiger partial charge on any atom is -0.490 e. The summed E-state index contributed by atoms with van der Waals surface area (Å²) in [6.45, 7) is 4.52. The molecule has 2 aliphatic heterocycles. The molecule has 6 nitrogen and oxygen atoms in total. The number of hydrogen-bond acceptors (Lipinski definition) is 6. The summed E-state index contributed by atoms with van der Waals surface area (Å²) in [6, 6.07) is 7.95. The molecule has 0 aliphatic carbocycles. The molecule has 2 fully saturated rings. The van der Waals surface area contributed by atoms with Gasteiger partial charge in [0.2, 0.25) is 0 Å². The highest BCUT2D eigenvalue weighted by atomic mass is 16.5. The molecule has 0 unspecified atom stereocenters. The fourth-order valence-electron chi connectivity index (χ4n) is 3.53. The van der Waals surface area contributed by atoms with Crippen molar-refractivity contribution in [1.82, 2.24) is 4.90 Å². The van der Waals surface area contributed by atoms with E-state index in [2.05, 4.69) is 12.1 Å². The monoisotopic (exact) mass is 351 g/mol. The van der Waals surface area contributed by atoms with Crippen molar-refractivity contribution < 1.29 is 24.8 Å². The first-order chi connectivity index (χ1) is 12.0. The Morgan fingerprint density at radius 1 is 1.08 bits per heavy atom. The lowest BCUT2D eigenvalue weighted by atomic mass is 9.94. The Bertz CT molecular complexity index is 531. The number of rotatable bonds is 5. The second-order valence-electron chi connectivity index (χ2n) is 7.11. The van der Waals surface area contributed by atoms with Gasteiger partial charge in [0.15, 0.2) is 0 Å². The molecule has 0 bridgehead atoms. The Labute approximate surface area is 149 Å². The average molecular weight is 351 g/mol. The van der Waals surface area contributed by atoms with Crippen LogP contribution in [0.1, 0.15) is 25.3 Å². The first-order valence-corrected chi connectivity index (χ1v) is 9.16. The van der Waals surface area contributed by atoms with Crippen LogP contribution in [0.3, 0.4) is 0 Å². The SMILES string of the molecule is C[C@@H]1[C@@H](O)[C@H](O)[C@@H](O)CN1CCc1ccc(OC2CCOCC2)cc1. The van der Waals surface area contributed by atoms with E-state index >= 15 is 0 Å². The Balaban J connectivity index is 1.49. The fraction of sp³-hybridized carbons (Fsp3) is 0.684. The first-order valence-electron chi connectivity index (χ1n) is 9.16. The molecule has 0 aromatic heterocycles. The van der Waals surface area contributed by atoms with Gasteiger partial charge in [-0.2, -0.15) is 0 Å². The maximum absolute atomic E-state index is 10.00. The molecule has 0 spiro atoms. The molecule has 25 heavy (non-hydrogen) atoms. The second kappa shape index (κ2) is 8.47. The van der Waals surface area contributed by atoms with E-state index in [1.165, 1.54) is 5.56 Å². The van der Waals surface area contributed by atoms with Crippen LogP contribution in [0.25, 0.3) is 0 Å². The van der Waals surface area contributed by atoms with Crippen molar-refractivity contribution >= 4 is 0 Å². The number of piperidine rings is 1. The Hall–Kier alpha value is -1.18. The zero-order valence-corrected chi connectivity index (χ0v) is 14.8. The van der Waals surface area contributed by atoms with Gasteiger partial charge in [-0.15, -0.1) is 0 Å². The molecule has 0 saturated carbocycles. The molecule has 0 radical (unpaired) electrons. The highest BCUT2D eigenvalue weighted by Crippen LogP contribution is 2.21. The van der Waals surface area contributed by atoms with E-state index < -0.39 is 18.3 Å². The highest BCUT2D eigenvalue weighted by molar-refractivity contribution is 5.27. The largest absolute Gasteiger partial charge is 0.490 e. The Morgan fingerprint density at radius 3 is 2.44 bits per heavy atom. The molecule has 4 atom stereocenters. The van der Waals surface area contributed by atoms with Crippen LogP contribution in [0.5, 0.6) is 5.75 Å². The van der Waals surface area contributed by atoms with E-state index in [1.54, 1.807) is 0 Å². The molecule has 2 heterocycles. The topological polar surface area (TPSA) is 82.4 Å². The van der Waals surface area contributed by atoms with E-state index in [0.717, 1.165) is 44.8 Å². The average Bonchev–Trinajstić information content (AvgIpc) is 2.64. The summed E-state index contributed by atoms with van der Waals surface area (Å²) >= 11 is 0. The number of hydrogen-bond donors (Lipinski definition) is 3. The van der Waals surface area contributed by atoms with Crippen molar-refractivity contribution in [1.29, 1.82) is 0 Å². The minimum atomic E-state index is -1.06. The summed E-state index contributed by atoms with van der Waals surface area (Å²) in [7, 11) is 0. The minimum absolute atomic E-state index is 0.172. The molecule has 3 N–H and O–H groups in total. The summed E-state index contributed by atoms with van der Waals surface area (Å²) in [5, 5.41) is 29.6. The van der Waals surface area contributed by atoms with Crippen LogP contribution in [0, 0.1) is 0 Å². The third-order valence-corrected chi connectivity index (χ3v) is 5.32. The highest BCUT2D eigenvalue weighted by Gasteiger charge is 2.38. The van der Waals surface area contributed by atoms with Gasteiger partial charge in [0.1, 0.15) is 18.0 Å². The first kappa shape index (κ1) is 18.6. The summed E-state index contributed by atoms with van der Waals surface area (Å²) in [6.07, 6.45) is 0.0460. The van der Waals surface area contributed by atoms with Gasteiger partial charge in [0.25, 0.3) is 0 Å². The normalized spacial score (nSPS) is 31.8. The lowest BCUT2D eigenvalue weighted by Crippen LogP contribution is -2.60. The number of nitrogens with zero attached hydrogens (tertiary/aromatic N) is 1. The van der Waals surface area contributed by atoms with Crippen molar-refractivity contribution in [2.24, 2.45) is 0 Å². The van der Waals surface area contributed by atoms with Crippen LogP contribution < -0.4 is 4.74 Å². The zero-order valence-electron chi connectivity index (χ0n) is 14.8. The number of benzene rings is 1. The van der Waals surface area contributed by atoms with Crippen molar-refractivity contribution in [2.45, 2.75) is 56.6 Å². The summed E-state index contributed by atoms with van der Waals surface area (Å²) in [5.41, 5.74) is 1.18. The number of β-amino-alcohol motifs (C(OH)–C–C–N with tert-alkyl or cyclic N) is 1. The van der Waals surface area contributed by atoms with Gasteiger partial charge in [-0.05, 0) is 31.0 Å². The van der Waals surface area contributed by atoms with Gasteiger partial charge in [0.05, 0.1) is 25.4 Å². The molecule has 6 heteroatoms. The maximum atomic E-state index is 10.00. The van der Waals surface area contributed by atoms with Crippen molar-refractivity contribution in [3.8, 4) is 5.75 Å². The molecule has 2 aliphatic rings. The van der Waals surface area contributed by atoms with Crippen molar-refractivity contribution in [2.75, 3.05) is 26.3 Å². The van der Waals surface area contributed by atoms with E-state index in [4.69, 9.17) is 9.47 Å².